The second-order valence-electron chi connectivity index (χ2n) is 1.60. The van der Waals surface area contributed by atoms with Crippen LogP contribution in [0.4, 0.5) is 0 Å². The molecule has 1 N–H and O–H groups in total. The fourth-order valence-corrected chi connectivity index (χ4v) is 1.05. The van der Waals surface area contributed by atoms with Crippen LogP contribution in [0.25, 0.3) is 0 Å². The summed E-state index contributed by atoms with van der Waals surface area (Å²) in [6.07, 6.45) is 0.728. The minimum absolute atomic E-state index is 0.0625. The van der Waals surface area contributed by atoms with Crippen molar-refractivity contribution in [2.24, 2.45) is 0 Å². The van der Waals surface area contributed by atoms with E-state index in [-0.39, 0.29) is 6.10 Å². The molecule has 0 aromatic carbocycles. The van der Waals surface area contributed by atoms with Crippen molar-refractivity contribution in [2.45, 2.75) is 26.4 Å². The molecule has 0 aromatic heterocycles. The second kappa shape index (κ2) is 4.33. The Bertz CT molecular complexity index is 83.4. The van der Waals surface area contributed by atoms with E-state index in [0.29, 0.717) is 0 Å². The van der Waals surface area contributed by atoms with Gasteiger partial charge in [0.2, 0.25) is 0 Å². The maximum absolute atomic E-state index is 10.00. The molecule has 1 unspecified atom stereocenters. The third-order valence-corrected chi connectivity index (χ3v) is 1.82. The van der Waals surface area contributed by atoms with Crippen LogP contribution in [0.5, 0.6) is 0 Å². The summed E-state index contributed by atoms with van der Waals surface area (Å²) >= 11 is -3.22. The van der Waals surface area contributed by atoms with Crippen molar-refractivity contribution in [3.63, 3.8) is 0 Å². The van der Waals surface area contributed by atoms with E-state index < -0.39 is 18.6 Å². The van der Waals surface area contributed by atoms with Gasteiger partial charge in [-0.1, -0.05) is 0 Å². The molecular formula is C4H10O3Ti. The van der Waals surface area contributed by atoms with Gasteiger partial charge < -0.3 is 0 Å². The molecule has 0 spiro atoms. The van der Waals surface area contributed by atoms with E-state index in [2.05, 4.69) is 3.32 Å². The second-order valence-corrected chi connectivity index (χ2v) is 2.80. The van der Waals surface area contributed by atoms with Gasteiger partial charge in [-0.05, 0) is 0 Å². The first-order valence-corrected chi connectivity index (χ1v) is 4.53. The van der Waals surface area contributed by atoms with Crippen molar-refractivity contribution in [1.82, 2.24) is 0 Å². The van der Waals surface area contributed by atoms with E-state index in [4.69, 9.17) is 3.69 Å². The van der Waals surface area contributed by atoms with Crippen molar-refractivity contribution in [1.29, 1.82) is 0 Å². The van der Waals surface area contributed by atoms with Gasteiger partial charge in [0.1, 0.15) is 0 Å². The Morgan fingerprint density at radius 1 is 1.88 bits per heavy atom. The molecule has 0 aliphatic rings. The molecule has 0 amide bonds. The first-order valence-electron chi connectivity index (χ1n) is 2.56. The quantitative estimate of drug-likeness (QED) is 0.605. The molecule has 8 heavy (non-hydrogen) atoms. The summed E-state index contributed by atoms with van der Waals surface area (Å²) in [7, 11) is 0. The van der Waals surface area contributed by atoms with E-state index in [1.807, 2.05) is 6.92 Å². The van der Waals surface area contributed by atoms with Crippen molar-refractivity contribution < 1.29 is 28.9 Å². The van der Waals surface area contributed by atoms with Crippen LogP contribution in [0.1, 0.15) is 20.3 Å². The first kappa shape index (κ1) is 8.43. The van der Waals surface area contributed by atoms with Gasteiger partial charge in [-0.25, -0.2) is 0 Å². The zero-order valence-corrected chi connectivity index (χ0v) is 6.61. The summed E-state index contributed by atoms with van der Waals surface area (Å²) in [5.41, 5.74) is 0. The fourth-order valence-electron chi connectivity index (χ4n) is 0.255. The minimum atomic E-state index is -3.22. The zero-order chi connectivity index (χ0) is 6.57. The average Bonchev–Trinajstić information content (AvgIpc) is 1.65. The Kier molecular flexibility index (Phi) is 4.56. The monoisotopic (exact) mass is 154 g/mol. The molecule has 3 nitrogen and oxygen atoms in total. The van der Waals surface area contributed by atoms with Crippen molar-refractivity contribution >= 4 is 0 Å². The molecule has 0 radical (unpaired) electrons. The standard InChI is InChI=1S/C4H9O.H2O.O.Ti/c1-3-4(2)5;;;/h4H,3H2,1-2H3;1H2;;/q-1;;;+2/p-1. The molecule has 0 saturated carbocycles. The van der Waals surface area contributed by atoms with E-state index in [0.717, 1.165) is 6.42 Å². The Labute approximate surface area is 55.8 Å². The number of hydrogen-bond donors (Lipinski definition) is 1. The summed E-state index contributed by atoms with van der Waals surface area (Å²) < 4.78 is 22.8. The molecule has 1 atom stereocenters. The van der Waals surface area contributed by atoms with Gasteiger partial charge in [0.05, 0.1) is 0 Å². The molecular weight excluding hydrogens is 144 g/mol. The van der Waals surface area contributed by atoms with Crippen LogP contribution in [0.3, 0.4) is 0 Å². The van der Waals surface area contributed by atoms with E-state index in [9.17, 15) is 3.32 Å². The van der Waals surface area contributed by atoms with Gasteiger partial charge in [0, 0.05) is 0 Å². The summed E-state index contributed by atoms with van der Waals surface area (Å²) in [6, 6.07) is 0. The van der Waals surface area contributed by atoms with Crippen LogP contribution < -0.4 is 0 Å². The predicted octanol–water partition coefficient (Wildman–Crippen LogP) is 0.587. The van der Waals surface area contributed by atoms with Crippen LogP contribution in [0, 0.1) is 0 Å². The van der Waals surface area contributed by atoms with Gasteiger partial charge in [-0.15, -0.1) is 0 Å². The first-order chi connectivity index (χ1) is 3.66. The third kappa shape index (κ3) is 4.59. The molecule has 0 aromatic rings. The van der Waals surface area contributed by atoms with E-state index in [1.54, 1.807) is 6.92 Å². The van der Waals surface area contributed by atoms with Crippen LogP contribution in [-0.2, 0) is 25.3 Å². The van der Waals surface area contributed by atoms with Crippen LogP contribution in [-0.4, -0.2) is 9.79 Å². The Morgan fingerprint density at radius 2 is 2.38 bits per heavy atom. The normalized spacial score (nSPS) is 13.4. The van der Waals surface area contributed by atoms with Gasteiger partial charge in [-0.2, -0.15) is 0 Å². The van der Waals surface area contributed by atoms with Gasteiger partial charge >= 0.3 is 55.3 Å². The van der Waals surface area contributed by atoms with Gasteiger partial charge in [0.15, 0.2) is 0 Å². The molecule has 0 heterocycles. The predicted molar refractivity (Wildman–Crippen MR) is 23.7 cm³/mol. The van der Waals surface area contributed by atoms with Crippen LogP contribution in [0.15, 0.2) is 0 Å². The molecule has 0 aliphatic heterocycles. The Balaban J connectivity index is 3.24. The van der Waals surface area contributed by atoms with E-state index in [1.165, 1.54) is 0 Å². The van der Waals surface area contributed by atoms with Gasteiger partial charge in [0.25, 0.3) is 0 Å². The van der Waals surface area contributed by atoms with E-state index >= 15 is 0 Å². The number of hydrogen-bond acceptors (Lipinski definition) is 2. The number of rotatable bonds is 3. The average molecular weight is 154 g/mol. The van der Waals surface area contributed by atoms with Crippen molar-refractivity contribution in [3.05, 3.63) is 0 Å². The summed E-state index contributed by atoms with van der Waals surface area (Å²) in [4.78, 5) is 0. The molecule has 4 heteroatoms. The molecule has 0 bridgehead atoms. The molecule has 0 saturated heterocycles. The Hall–Kier alpha value is 0.434. The third-order valence-electron chi connectivity index (χ3n) is 0.877. The Morgan fingerprint density at radius 3 is 2.50 bits per heavy atom. The molecule has 0 fully saturated rings. The maximum atomic E-state index is 10.00. The summed E-state index contributed by atoms with van der Waals surface area (Å²) in [6.45, 7) is 3.69. The fraction of sp³-hybridized carbons (Fsp3) is 1.00. The zero-order valence-electron chi connectivity index (χ0n) is 5.05. The van der Waals surface area contributed by atoms with Crippen molar-refractivity contribution in [2.75, 3.05) is 0 Å². The van der Waals surface area contributed by atoms with Crippen LogP contribution in [0.2, 0.25) is 0 Å². The van der Waals surface area contributed by atoms with Crippen molar-refractivity contribution in [3.8, 4) is 0 Å². The SMILES string of the molecule is CCC(C)[O][Ti](=[O])[OH]. The van der Waals surface area contributed by atoms with Gasteiger partial charge in [-0.3, -0.25) is 0 Å². The molecule has 0 rings (SSSR count). The molecule has 48 valence electrons. The summed E-state index contributed by atoms with van der Waals surface area (Å²) in [5, 5.41) is 0. The van der Waals surface area contributed by atoms with Crippen LogP contribution >= 0.6 is 0 Å². The summed E-state index contributed by atoms with van der Waals surface area (Å²) in [5.74, 6) is 0. The molecule has 0 aliphatic carbocycles. The topological polar surface area (TPSA) is 46.5 Å².